The Morgan fingerprint density at radius 1 is 0.886 bits per heavy atom. The second-order valence-electron chi connectivity index (χ2n) is 9.69. The van der Waals surface area contributed by atoms with E-state index in [1.165, 1.54) is 4.90 Å². The van der Waals surface area contributed by atoms with Crippen LogP contribution in [0.4, 0.5) is 5.69 Å². The quantitative estimate of drug-likeness (QED) is 0.211. The average Bonchev–Trinajstić information content (AvgIpc) is 2.97. The summed E-state index contributed by atoms with van der Waals surface area (Å²) in [6, 6.07) is 11.8. The second kappa shape index (κ2) is 14.8. The Balaban J connectivity index is 1.61. The fraction of sp³-hybridized carbons (Fsp3) is 0.414. The zero-order valence-corrected chi connectivity index (χ0v) is 28.4. The van der Waals surface area contributed by atoms with E-state index in [9.17, 15) is 13.9 Å². The van der Waals surface area contributed by atoms with E-state index in [-0.39, 0.29) is 44.2 Å². The summed E-state index contributed by atoms with van der Waals surface area (Å²) < 4.78 is 50.3. The number of anilines is 1. The van der Waals surface area contributed by atoms with Crippen LogP contribution in [-0.2, 0) is 32.0 Å². The van der Waals surface area contributed by atoms with Crippen LogP contribution in [0.5, 0.6) is 0 Å². The SMILES string of the molecule is CCOP(=O)(OCC)C(c1ccc(NC2=NC3C(C=N2)C=C(c2c(Cl)cccc2Cl)C(=O)N3C)cc1)P(=O)(OCC)OCC. The van der Waals surface area contributed by atoms with Gasteiger partial charge in [-0.25, -0.2) is 9.98 Å². The summed E-state index contributed by atoms with van der Waals surface area (Å²) in [6.07, 6.45) is 2.95. The molecule has 0 saturated carbocycles. The number of guanidine groups is 1. The minimum atomic E-state index is -3.99. The summed E-state index contributed by atoms with van der Waals surface area (Å²) in [4.78, 5) is 24.0. The van der Waals surface area contributed by atoms with Gasteiger partial charge in [-0.05, 0) is 57.5 Å². The van der Waals surface area contributed by atoms with Crippen molar-refractivity contribution in [1.29, 1.82) is 0 Å². The summed E-state index contributed by atoms with van der Waals surface area (Å²) in [5.41, 5.74) is 1.85. The molecule has 1 amide bonds. The molecule has 2 aliphatic heterocycles. The highest BCUT2D eigenvalue weighted by molar-refractivity contribution is 7.72. The van der Waals surface area contributed by atoms with Crippen LogP contribution in [0.15, 0.2) is 58.5 Å². The third kappa shape index (κ3) is 7.22. The number of likely N-dealkylation sites (N-methyl/N-ethyl adjacent to an activating group) is 1. The number of nitrogens with zero attached hydrogens (tertiary/aromatic N) is 3. The summed E-state index contributed by atoms with van der Waals surface area (Å²) in [5.74, 6) is -0.284. The molecule has 0 aliphatic carbocycles. The number of amides is 1. The van der Waals surface area contributed by atoms with E-state index in [0.29, 0.717) is 32.4 Å². The third-order valence-electron chi connectivity index (χ3n) is 6.81. The predicted octanol–water partition coefficient (Wildman–Crippen LogP) is 7.87. The number of fused-ring (bicyclic) bond motifs is 1. The van der Waals surface area contributed by atoms with Gasteiger partial charge >= 0.3 is 15.2 Å². The Morgan fingerprint density at radius 3 is 1.91 bits per heavy atom. The van der Waals surface area contributed by atoms with Crippen molar-refractivity contribution < 1.29 is 32.0 Å². The van der Waals surface area contributed by atoms with Gasteiger partial charge in [0.15, 0.2) is 5.40 Å². The van der Waals surface area contributed by atoms with E-state index < -0.39 is 26.8 Å². The van der Waals surface area contributed by atoms with Crippen LogP contribution in [0.25, 0.3) is 5.57 Å². The van der Waals surface area contributed by atoms with Crippen molar-refractivity contribution in [2.45, 2.75) is 39.3 Å². The summed E-state index contributed by atoms with van der Waals surface area (Å²) in [5, 5.41) is 2.60. The lowest BCUT2D eigenvalue weighted by molar-refractivity contribution is -0.126. The Hall–Kier alpha value is -2.33. The van der Waals surface area contributed by atoms with Gasteiger partial charge in [0.05, 0.1) is 42.4 Å². The fourth-order valence-electron chi connectivity index (χ4n) is 5.02. The monoisotopic (exact) mass is 684 g/mol. The summed E-state index contributed by atoms with van der Waals surface area (Å²) in [6.45, 7) is 7.01. The predicted molar refractivity (Wildman–Crippen MR) is 175 cm³/mol. The molecule has 0 spiro atoms. The molecule has 238 valence electrons. The molecule has 0 fully saturated rings. The zero-order chi connectivity index (χ0) is 32.1. The topological polar surface area (TPSA) is 128 Å². The van der Waals surface area contributed by atoms with E-state index in [0.717, 1.165) is 0 Å². The maximum Gasteiger partial charge on any atom is 0.350 e. The molecule has 0 saturated heterocycles. The van der Waals surface area contributed by atoms with Gasteiger partial charge in [0.25, 0.3) is 5.91 Å². The standard InChI is InChI=1S/C29H36Cl2N4O7P2/c1-6-39-43(37,40-7-2)28(44(38,41-8-3)42-9-4)19-13-15-21(16-14-19)33-29-32-18-20-17-22(27(36)35(5)26(20)34-29)25-23(30)11-10-12-24(25)31/h10-18,20,26,28H,6-9H2,1-5H3,(H,33,34). The normalized spacial score (nSPS) is 18.7. The van der Waals surface area contributed by atoms with Crippen molar-refractivity contribution in [1.82, 2.24) is 4.90 Å². The highest BCUT2D eigenvalue weighted by Gasteiger charge is 2.52. The Labute approximate surface area is 267 Å². The van der Waals surface area contributed by atoms with Crippen molar-refractivity contribution >= 4 is 67.7 Å². The molecule has 2 unspecified atom stereocenters. The Morgan fingerprint density at radius 2 is 1.41 bits per heavy atom. The number of aliphatic imine (C=N–C) groups is 2. The number of benzene rings is 2. The van der Waals surface area contributed by atoms with Gasteiger partial charge in [0, 0.05) is 30.1 Å². The smallest absolute Gasteiger partial charge is 0.324 e. The van der Waals surface area contributed by atoms with Gasteiger partial charge in [-0.2, -0.15) is 0 Å². The van der Waals surface area contributed by atoms with E-state index in [1.807, 2.05) is 0 Å². The highest BCUT2D eigenvalue weighted by atomic mass is 35.5. The number of nitrogens with one attached hydrogen (secondary N) is 1. The molecule has 2 aliphatic rings. The van der Waals surface area contributed by atoms with E-state index >= 15 is 0 Å². The number of carbonyl (C=O) groups excluding carboxylic acids is 1. The number of carbonyl (C=O) groups is 1. The largest absolute Gasteiger partial charge is 0.350 e. The molecule has 2 heterocycles. The number of rotatable bonds is 13. The van der Waals surface area contributed by atoms with Crippen molar-refractivity contribution in [3.05, 3.63) is 69.7 Å². The average molecular weight is 685 g/mol. The molecule has 11 nitrogen and oxygen atoms in total. The molecule has 1 N–H and O–H groups in total. The molecule has 2 aromatic carbocycles. The van der Waals surface area contributed by atoms with Gasteiger partial charge in [0.1, 0.15) is 6.17 Å². The lowest BCUT2D eigenvalue weighted by Crippen LogP contribution is -2.47. The van der Waals surface area contributed by atoms with E-state index in [2.05, 4.69) is 15.3 Å². The minimum absolute atomic E-state index is 0.0741. The maximum atomic E-state index is 14.0. The first-order valence-electron chi connectivity index (χ1n) is 14.2. The molecule has 15 heteroatoms. The molecule has 2 aromatic rings. The zero-order valence-electron chi connectivity index (χ0n) is 25.1. The van der Waals surface area contributed by atoms with Crippen molar-refractivity contribution in [2.24, 2.45) is 15.9 Å². The molecular weight excluding hydrogens is 649 g/mol. The van der Waals surface area contributed by atoms with E-state index in [1.54, 1.807) is 89.5 Å². The van der Waals surface area contributed by atoms with Crippen molar-refractivity contribution in [3.63, 3.8) is 0 Å². The van der Waals surface area contributed by atoms with Crippen LogP contribution in [0.1, 0.15) is 44.2 Å². The summed E-state index contributed by atoms with van der Waals surface area (Å²) in [7, 11) is -6.31. The van der Waals surface area contributed by atoms with Crippen molar-refractivity contribution in [2.75, 3.05) is 38.8 Å². The molecule has 0 bridgehead atoms. The van der Waals surface area contributed by atoms with E-state index in [4.69, 9.17) is 41.3 Å². The number of hydrogen-bond acceptors (Lipinski definition) is 10. The Kier molecular flexibility index (Phi) is 11.7. The van der Waals surface area contributed by atoms with Crippen LogP contribution in [0.3, 0.4) is 0 Å². The number of hydrogen-bond donors (Lipinski definition) is 1. The Bertz CT molecular complexity index is 1480. The molecule has 4 rings (SSSR count). The molecule has 44 heavy (non-hydrogen) atoms. The van der Waals surface area contributed by atoms with Gasteiger partial charge in [-0.3, -0.25) is 13.9 Å². The van der Waals surface area contributed by atoms with Crippen molar-refractivity contribution in [3.8, 4) is 0 Å². The molecular formula is C29H36Cl2N4O7P2. The fourth-order valence-corrected chi connectivity index (χ4v) is 11.0. The first kappa shape index (κ1) is 34.5. The molecule has 0 radical (unpaired) electrons. The van der Waals surface area contributed by atoms with Crippen LogP contribution in [-0.4, -0.2) is 62.6 Å². The van der Waals surface area contributed by atoms with Crippen LogP contribution in [0.2, 0.25) is 10.0 Å². The van der Waals surface area contributed by atoms with Crippen LogP contribution in [0, 0.1) is 5.92 Å². The van der Waals surface area contributed by atoms with Gasteiger partial charge in [0.2, 0.25) is 5.96 Å². The minimum Gasteiger partial charge on any atom is -0.324 e. The molecule has 0 aromatic heterocycles. The highest BCUT2D eigenvalue weighted by Crippen LogP contribution is 2.78. The molecule has 2 atom stereocenters. The lowest BCUT2D eigenvalue weighted by Gasteiger charge is -2.36. The van der Waals surface area contributed by atoms with Crippen LogP contribution < -0.4 is 5.32 Å². The third-order valence-corrected chi connectivity index (χ3v) is 13.4. The lowest BCUT2D eigenvalue weighted by atomic mass is 9.92. The first-order chi connectivity index (χ1) is 21.0. The first-order valence-corrected chi connectivity index (χ1v) is 18.2. The maximum absolute atomic E-state index is 14.0. The van der Waals surface area contributed by atoms with Crippen LogP contribution >= 0.6 is 38.4 Å². The second-order valence-corrected chi connectivity index (χ2v) is 15.1. The van der Waals surface area contributed by atoms with Gasteiger partial charge in [-0.1, -0.05) is 47.5 Å². The summed E-state index contributed by atoms with van der Waals surface area (Å²) >= 11 is 12.8. The van der Waals surface area contributed by atoms with Gasteiger partial charge < -0.3 is 28.3 Å². The number of halogens is 2. The van der Waals surface area contributed by atoms with Gasteiger partial charge in [-0.15, -0.1) is 0 Å².